The number of pyridine rings is 1. The largest absolute Gasteiger partial charge is 0.573 e. The summed E-state index contributed by atoms with van der Waals surface area (Å²) in [5.41, 5.74) is 6.70. The lowest BCUT2D eigenvalue weighted by Gasteiger charge is -2.62. The van der Waals surface area contributed by atoms with Crippen LogP contribution in [0.15, 0.2) is 18.5 Å². The molecule has 3 heterocycles. The van der Waals surface area contributed by atoms with Crippen molar-refractivity contribution in [2.45, 2.75) is 43.5 Å². The normalized spacial score (nSPS) is 29.3. The number of nitrogens with two attached hydrogens (primary N) is 1. The summed E-state index contributed by atoms with van der Waals surface area (Å²) in [5.74, 6) is 1.15. The molecule has 1 unspecified atom stereocenters. The van der Waals surface area contributed by atoms with E-state index in [1.807, 2.05) is 6.20 Å². The molecule has 1 saturated heterocycles. The Hall–Kier alpha value is -2.29. The standard InChI is InChI=1S/C18H19F3N4O2/c19-18(20,21)27-14-3-12(7-23-15(14)22)13-8-25(17-4-10(5-17)6-17)16(24-13)11-1-2-26-9-11/h3,7-8,10-11H,1-2,4-6,9H2,(H2,22,23). The van der Waals surface area contributed by atoms with Crippen LogP contribution in [-0.4, -0.2) is 34.1 Å². The second kappa shape index (κ2) is 5.60. The molecule has 2 N–H and O–H groups in total. The number of rotatable bonds is 4. The maximum absolute atomic E-state index is 12.6. The third-order valence-electron chi connectivity index (χ3n) is 5.95. The fourth-order valence-electron chi connectivity index (χ4n) is 4.47. The molecule has 4 aliphatic rings. The summed E-state index contributed by atoms with van der Waals surface area (Å²) >= 11 is 0. The lowest BCUT2D eigenvalue weighted by atomic mass is 9.49. The number of halogens is 3. The Balaban J connectivity index is 1.53. The van der Waals surface area contributed by atoms with Crippen LogP contribution in [-0.2, 0) is 10.3 Å². The summed E-state index contributed by atoms with van der Waals surface area (Å²) in [6.45, 7) is 1.33. The molecule has 0 amide bonds. The van der Waals surface area contributed by atoms with Gasteiger partial charge in [-0.3, -0.25) is 0 Å². The molecule has 2 aromatic rings. The number of ether oxygens (including phenoxy) is 2. The molecule has 27 heavy (non-hydrogen) atoms. The van der Waals surface area contributed by atoms with Crippen molar-refractivity contribution in [1.29, 1.82) is 0 Å². The number of alkyl halides is 3. The van der Waals surface area contributed by atoms with Crippen LogP contribution in [0.2, 0.25) is 0 Å². The van der Waals surface area contributed by atoms with Crippen molar-refractivity contribution in [2.75, 3.05) is 18.9 Å². The second-order valence-electron chi connectivity index (χ2n) is 7.77. The van der Waals surface area contributed by atoms with E-state index >= 15 is 0 Å². The van der Waals surface area contributed by atoms with Crippen LogP contribution >= 0.6 is 0 Å². The smallest absolute Gasteiger partial charge is 0.402 e. The Kier molecular flexibility index (Phi) is 3.50. The first kappa shape index (κ1) is 16.9. The first-order chi connectivity index (χ1) is 12.8. The maximum atomic E-state index is 12.6. The molecule has 6 rings (SSSR count). The number of nitrogen functional groups attached to an aromatic ring is 1. The molecule has 2 bridgehead atoms. The van der Waals surface area contributed by atoms with Gasteiger partial charge in [0.1, 0.15) is 5.82 Å². The van der Waals surface area contributed by atoms with E-state index in [9.17, 15) is 13.2 Å². The van der Waals surface area contributed by atoms with E-state index in [-0.39, 0.29) is 17.3 Å². The van der Waals surface area contributed by atoms with Gasteiger partial charge >= 0.3 is 6.36 Å². The van der Waals surface area contributed by atoms with Gasteiger partial charge in [-0.1, -0.05) is 0 Å². The van der Waals surface area contributed by atoms with Crippen LogP contribution in [0.4, 0.5) is 19.0 Å². The summed E-state index contributed by atoms with van der Waals surface area (Å²) in [7, 11) is 0. The minimum Gasteiger partial charge on any atom is -0.402 e. The molecule has 0 aromatic carbocycles. The van der Waals surface area contributed by atoms with Crippen molar-refractivity contribution in [2.24, 2.45) is 5.92 Å². The van der Waals surface area contributed by atoms with Gasteiger partial charge in [0.05, 0.1) is 12.3 Å². The Bertz CT molecular complexity index is 872. The minimum absolute atomic E-state index is 0.125. The highest BCUT2D eigenvalue weighted by molar-refractivity contribution is 5.64. The fraction of sp³-hybridized carbons (Fsp3) is 0.556. The van der Waals surface area contributed by atoms with E-state index < -0.39 is 12.1 Å². The number of imidazole rings is 1. The SMILES string of the molecule is Nc1ncc(-c2cn(C34CC(C3)C4)c(C3CCOC3)n2)cc1OC(F)(F)F. The van der Waals surface area contributed by atoms with Crippen molar-refractivity contribution in [3.05, 3.63) is 24.3 Å². The van der Waals surface area contributed by atoms with E-state index in [4.69, 9.17) is 15.5 Å². The molecule has 9 heteroatoms. The Morgan fingerprint density at radius 3 is 2.67 bits per heavy atom. The third-order valence-corrected chi connectivity index (χ3v) is 5.95. The summed E-state index contributed by atoms with van der Waals surface area (Å²) in [4.78, 5) is 8.63. The van der Waals surface area contributed by atoms with Crippen LogP contribution in [0.3, 0.4) is 0 Å². The molecule has 4 fully saturated rings. The summed E-state index contributed by atoms with van der Waals surface area (Å²) in [6.07, 6.45) is 2.88. The quantitative estimate of drug-likeness (QED) is 0.880. The number of aromatic nitrogens is 3. The number of anilines is 1. The molecular weight excluding hydrogens is 361 g/mol. The number of hydrogen-bond donors (Lipinski definition) is 1. The van der Waals surface area contributed by atoms with Crippen molar-refractivity contribution in [1.82, 2.24) is 14.5 Å². The zero-order valence-corrected chi connectivity index (χ0v) is 14.5. The summed E-state index contributed by atoms with van der Waals surface area (Å²) in [6, 6.07) is 1.25. The monoisotopic (exact) mass is 380 g/mol. The zero-order chi connectivity index (χ0) is 18.8. The van der Waals surface area contributed by atoms with Crippen molar-refractivity contribution in [3.63, 3.8) is 0 Å². The average molecular weight is 380 g/mol. The van der Waals surface area contributed by atoms with Gasteiger partial charge in [-0.05, 0) is 37.7 Å². The summed E-state index contributed by atoms with van der Waals surface area (Å²) in [5, 5.41) is 0. The van der Waals surface area contributed by atoms with Crippen molar-refractivity contribution < 1.29 is 22.6 Å². The van der Waals surface area contributed by atoms with Crippen LogP contribution in [0, 0.1) is 5.92 Å². The highest BCUT2D eigenvalue weighted by atomic mass is 19.4. The molecule has 0 radical (unpaired) electrons. The Morgan fingerprint density at radius 2 is 2.07 bits per heavy atom. The molecule has 3 saturated carbocycles. The molecule has 0 spiro atoms. The second-order valence-corrected chi connectivity index (χ2v) is 7.77. The van der Waals surface area contributed by atoms with E-state index in [2.05, 4.69) is 14.3 Å². The zero-order valence-electron chi connectivity index (χ0n) is 14.5. The van der Waals surface area contributed by atoms with Crippen LogP contribution < -0.4 is 10.5 Å². The molecular formula is C18H19F3N4O2. The molecule has 1 atom stereocenters. The van der Waals surface area contributed by atoms with Gasteiger partial charge in [-0.15, -0.1) is 13.2 Å². The maximum Gasteiger partial charge on any atom is 0.573 e. The van der Waals surface area contributed by atoms with E-state index in [0.717, 1.165) is 37.4 Å². The van der Waals surface area contributed by atoms with Gasteiger partial charge in [-0.2, -0.15) is 0 Å². The predicted molar refractivity (Wildman–Crippen MR) is 90.0 cm³/mol. The van der Waals surface area contributed by atoms with Gasteiger partial charge in [0, 0.05) is 36.0 Å². The number of nitrogens with zero attached hydrogens (tertiary/aromatic N) is 3. The Labute approximate surface area is 153 Å². The van der Waals surface area contributed by atoms with E-state index in [1.165, 1.54) is 12.3 Å². The van der Waals surface area contributed by atoms with E-state index in [0.29, 0.717) is 24.5 Å². The first-order valence-electron chi connectivity index (χ1n) is 9.02. The van der Waals surface area contributed by atoms with Gasteiger partial charge in [0.15, 0.2) is 11.6 Å². The predicted octanol–water partition coefficient (Wildman–Crippen LogP) is 3.44. The lowest BCUT2D eigenvalue weighted by Crippen LogP contribution is -2.59. The topological polar surface area (TPSA) is 75.2 Å². The highest BCUT2D eigenvalue weighted by Gasteiger charge is 2.58. The van der Waals surface area contributed by atoms with Gasteiger partial charge in [-0.25, -0.2) is 9.97 Å². The van der Waals surface area contributed by atoms with Crippen LogP contribution in [0.5, 0.6) is 5.75 Å². The average Bonchev–Trinajstić information content (AvgIpc) is 3.14. The minimum atomic E-state index is -4.83. The van der Waals surface area contributed by atoms with Gasteiger partial charge in [0.2, 0.25) is 0 Å². The molecule has 3 aliphatic carbocycles. The number of hydrogen-bond acceptors (Lipinski definition) is 5. The van der Waals surface area contributed by atoms with Crippen molar-refractivity contribution in [3.8, 4) is 17.0 Å². The summed E-state index contributed by atoms with van der Waals surface area (Å²) < 4.78 is 49.6. The lowest BCUT2D eigenvalue weighted by molar-refractivity contribution is -0.274. The highest BCUT2D eigenvalue weighted by Crippen LogP contribution is 2.63. The van der Waals surface area contributed by atoms with Gasteiger partial charge in [0.25, 0.3) is 0 Å². The third kappa shape index (κ3) is 2.75. The molecule has 144 valence electrons. The molecule has 2 aromatic heterocycles. The van der Waals surface area contributed by atoms with E-state index in [1.54, 1.807) is 0 Å². The van der Waals surface area contributed by atoms with Gasteiger partial charge < -0.3 is 19.8 Å². The van der Waals surface area contributed by atoms with Crippen molar-refractivity contribution >= 4 is 5.82 Å². The Morgan fingerprint density at radius 1 is 1.30 bits per heavy atom. The molecule has 6 nitrogen and oxygen atoms in total. The fourth-order valence-corrected chi connectivity index (χ4v) is 4.47. The van der Waals surface area contributed by atoms with Crippen LogP contribution in [0.1, 0.15) is 37.4 Å². The first-order valence-corrected chi connectivity index (χ1v) is 9.02. The van der Waals surface area contributed by atoms with Crippen LogP contribution in [0.25, 0.3) is 11.3 Å². The molecule has 1 aliphatic heterocycles.